The third-order valence-electron chi connectivity index (χ3n) is 2.03. The Kier molecular flexibility index (Phi) is 6.13. The Morgan fingerprint density at radius 3 is 1.77 bits per heavy atom. The summed E-state index contributed by atoms with van der Waals surface area (Å²) in [5.41, 5.74) is 0. The molecule has 0 atom stereocenters. The van der Waals surface area contributed by atoms with Gasteiger partial charge in [0.1, 0.15) is 0 Å². The molecule has 0 amide bonds. The Bertz CT molecular complexity index is 142. The normalized spacial score (nSPS) is 11.9. The fourth-order valence-corrected chi connectivity index (χ4v) is 2.14. The lowest BCUT2D eigenvalue weighted by Crippen LogP contribution is -2.32. The van der Waals surface area contributed by atoms with Gasteiger partial charge in [-0.05, 0) is 17.2 Å². The molecule has 13 heavy (non-hydrogen) atoms. The van der Waals surface area contributed by atoms with Crippen molar-refractivity contribution in [2.24, 2.45) is 11.8 Å². The van der Waals surface area contributed by atoms with Crippen molar-refractivity contribution in [2.45, 2.75) is 34.2 Å². The van der Waals surface area contributed by atoms with Crippen LogP contribution in [0, 0.1) is 11.8 Å². The predicted molar refractivity (Wildman–Crippen MR) is 64.8 cm³/mol. The molecule has 0 aromatic heterocycles. The van der Waals surface area contributed by atoms with Gasteiger partial charge in [-0.1, -0.05) is 40.8 Å². The standard InChI is InChI=1S/C11H25NSi/c1-9(2)7-12(8-10(3)4)11(5)13-6/h9-10H,5,7-8,13H2,1-4,6H3. The largest absolute Gasteiger partial charge is 0.379 e. The second kappa shape index (κ2) is 6.25. The molecule has 0 aliphatic carbocycles. The van der Waals surface area contributed by atoms with Crippen LogP contribution in [0.1, 0.15) is 27.7 Å². The first-order chi connectivity index (χ1) is 5.97. The van der Waals surface area contributed by atoms with Crippen LogP contribution in [-0.4, -0.2) is 27.5 Å². The van der Waals surface area contributed by atoms with Crippen molar-refractivity contribution in [1.29, 1.82) is 0 Å². The van der Waals surface area contributed by atoms with Crippen molar-refractivity contribution in [3.8, 4) is 0 Å². The van der Waals surface area contributed by atoms with Crippen molar-refractivity contribution in [3.05, 3.63) is 11.9 Å². The summed E-state index contributed by atoms with van der Waals surface area (Å²) in [6.45, 7) is 17.9. The van der Waals surface area contributed by atoms with E-state index in [-0.39, 0.29) is 9.52 Å². The molecule has 0 unspecified atom stereocenters. The minimum Gasteiger partial charge on any atom is -0.379 e. The lowest BCUT2D eigenvalue weighted by Gasteiger charge is -2.29. The van der Waals surface area contributed by atoms with Gasteiger partial charge in [0.2, 0.25) is 0 Å². The highest BCUT2D eigenvalue weighted by Crippen LogP contribution is 2.08. The zero-order valence-corrected chi connectivity index (χ0v) is 11.3. The van der Waals surface area contributed by atoms with E-state index in [1.54, 1.807) is 0 Å². The monoisotopic (exact) mass is 199 g/mol. The van der Waals surface area contributed by atoms with Crippen LogP contribution in [0.5, 0.6) is 0 Å². The molecule has 1 nitrogen and oxygen atoms in total. The Labute approximate surface area is 86.0 Å². The fraction of sp³-hybridized carbons (Fsp3) is 0.818. The zero-order chi connectivity index (χ0) is 10.4. The summed E-state index contributed by atoms with van der Waals surface area (Å²) in [5, 5.41) is 1.42. The highest BCUT2D eigenvalue weighted by molar-refractivity contribution is 6.42. The van der Waals surface area contributed by atoms with Crippen LogP contribution < -0.4 is 0 Å². The maximum Gasteiger partial charge on any atom is 0.0714 e. The Morgan fingerprint density at radius 1 is 1.15 bits per heavy atom. The number of hydrogen-bond donors (Lipinski definition) is 0. The molecule has 0 spiro atoms. The van der Waals surface area contributed by atoms with Crippen LogP contribution in [-0.2, 0) is 0 Å². The number of rotatable bonds is 6. The van der Waals surface area contributed by atoms with Crippen LogP contribution in [0.2, 0.25) is 6.55 Å². The van der Waals surface area contributed by atoms with Crippen molar-refractivity contribution in [1.82, 2.24) is 4.90 Å². The molecular weight excluding hydrogens is 174 g/mol. The minimum absolute atomic E-state index is 0.0635. The SMILES string of the molecule is C=C([SiH2]C)N(CC(C)C)CC(C)C. The third kappa shape index (κ3) is 5.91. The Hall–Kier alpha value is -0.243. The second-order valence-corrected chi connectivity index (χ2v) is 6.14. The van der Waals surface area contributed by atoms with Gasteiger partial charge in [-0.15, -0.1) is 0 Å². The van der Waals surface area contributed by atoms with E-state index < -0.39 is 0 Å². The molecule has 0 N–H and O–H groups in total. The van der Waals surface area contributed by atoms with Gasteiger partial charge in [-0.25, -0.2) is 0 Å². The lowest BCUT2D eigenvalue weighted by molar-refractivity contribution is 0.288. The number of hydrogen-bond acceptors (Lipinski definition) is 1. The van der Waals surface area contributed by atoms with Crippen LogP contribution in [0.25, 0.3) is 0 Å². The van der Waals surface area contributed by atoms with Crippen molar-refractivity contribution in [3.63, 3.8) is 0 Å². The van der Waals surface area contributed by atoms with Gasteiger partial charge < -0.3 is 4.90 Å². The van der Waals surface area contributed by atoms with E-state index in [1.165, 1.54) is 18.4 Å². The van der Waals surface area contributed by atoms with Gasteiger partial charge >= 0.3 is 0 Å². The summed E-state index contributed by atoms with van der Waals surface area (Å²) in [4.78, 5) is 2.49. The second-order valence-electron chi connectivity index (χ2n) is 4.61. The average molecular weight is 199 g/mol. The Morgan fingerprint density at radius 2 is 1.54 bits per heavy atom. The van der Waals surface area contributed by atoms with Crippen LogP contribution in [0.15, 0.2) is 11.9 Å². The van der Waals surface area contributed by atoms with Gasteiger partial charge in [-0.3, -0.25) is 0 Å². The van der Waals surface area contributed by atoms with E-state index in [4.69, 9.17) is 0 Å². The lowest BCUT2D eigenvalue weighted by atomic mass is 10.1. The molecular formula is C11H25NSi. The molecule has 78 valence electrons. The quantitative estimate of drug-likeness (QED) is 0.593. The predicted octanol–water partition coefficient (Wildman–Crippen LogP) is 2.29. The molecule has 0 heterocycles. The average Bonchev–Trinajstić information content (AvgIpc) is 2.00. The van der Waals surface area contributed by atoms with Crippen LogP contribution in [0.3, 0.4) is 0 Å². The first kappa shape index (κ1) is 12.8. The molecule has 0 fully saturated rings. The van der Waals surface area contributed by atoms with E-state index in [2.05, 4.69) is 45.7 Å². The fourth-order valence-electron chi connectivity index (χ4n) is 1.44. The molecule has 0 aliphatic heterocycles. The van der Waals surface area contributed by atoms with E-state index in [1.807, 2.05) is 0 Å². The highest BCUT2D eigenvalue weighted by Gasteiger charge is 2.09. The van der Waals surface area contributed by atoms with E-state index >= 15 is 0 Å². The molecule has 0 saturated heterocycles. The van der Waals surface area contributed by atoms with Gasteiger partial charge in [0, 0.05) is 13.1 Å². The van der Waals surface area contributed by atoms with E-state index in [9.17, 15) is 0 Å². The molecule has 0 rings (SSSR count). The topological polar surface area (TPSA) is 3.24 Å². The molecule has 2 heteroatoms. The zero-order valence-electron chi connectivity index (χ0n) is 9.93. The summed E-state index contributed by atoms with van der Waals surface area (Å²) in [6, 6.07) is 0. The van der Waals surface area contributed by atoms with Crippen LogP contribution >= 0.6 is 0 Å². The summed E-state index contributed by atoms with van der Waals surface area (Å²) >= 11 is 0. The minimum atomic E-state index is -0.0635. The molecule has 0 aliphatic rings. The molecule has 0 saturated carbocycles. The highest BCUT2D eigenvalue weighted by atomic mass is 28.2. The van der Waals surface area contributed by atoms with E-state index in [0.717, 1.165) is 11.8 Å². The van der Waals surface area contributed by atoms with Crippen molar-refractivity contribution < 1.29 is 0 Å². The maximum atomic E-state index is 4.17. The first-order valence-corrected chi connectivity index (χ1v) is 7.52. The van der Waals surface area contributed by atoms with Gasteiger partial charge in [-0.2, -0.15) is 0 Å². The summed E-state index contributed by atoms with van der Waals surface area (Å²) < 4.78 is 0. The molecule has 0 aromatic rings. The molecule has 0 bridgehead atoms. The summed E-state index contributed by atoms with van der Waals surface area (Å²) in [5.74, 6) is 1.49. The van der Waals surface area contributed by atoms with E-state index in [0.29, 0.717) is 0 Å². The maximum absolute atomic E-state index is 4.17. The summed E-state index contributed by atoms with van der Waals surface area (Å²) in [6.07, 6.45) is 0. The Balaban J connectivity index is 4.10. The third-order valence-corrected chi connectivity index (χ3v) is 3.29. The van der Waals surface area contributed by atoms with Gasteiger partial charge in [0.05, 0.1) is 9.52 Å². The van der Waals surface area contributed by atoms with Crippen LogP contribution in [0.4, 0.5) is 0 Å². The van der Waals surface area contributed by atoms with Gasteiger partial charge in [0.15, 0.2) is 0 Å². The summed E-state index contributed by atoms with van der Waals surface area (Å²) in [7, 11) is -0.0635. The van der Waals surface area contributed by atoms with Crippen molar-refractivity contribution >= 4 is 9.52 Å². The molecule has 0 radical (unpaired) electrons. The first-order valence-electron chi connectivity index (χ1n) is 5.40. The molecule has 0 aromatic carbocycles. The van der Waals surface area contributed by atoms with Gasteiger partial charge in [0.25, 0.3) is 0 Å². The van der Waals surface area contributed by atoms with Crippen molar-refractivity contribution in [2.75, 3.05) is 13.1 Å². The number of nitrogens with zero attached hydrogens (tertiary/aromatic N) is 1. The smallest absolute Gasteiger partial charge is 0.0714 e.